The maximum absolute atomic E-state index is 13.5. The number of para-hydroxylation sites is 1. The molecular formula is C25H16Cl2N2O2S3. The second-order valence-electron chi connectivity index (χ2n) is 7.55. The number of thiocarbonyl (C=S) groups is 1. The molecule has 2 amide bonds. The lowest BCUT2D eigenvalue weighted by atomic mass is 10.2. The van der Waals surface area contributed by atoms with Gasteiger partial charge in [0.25, 0.3) is 5.91 Å². The van der Waals surface area contributed by atoms with Crippen LogP contribution in [0.25, 0.3) is 6.08 Å². The van der Waals surface area contributed by atoms with Crippen molar-refractivity contribution in [2.45, 2.75) is 16.2 Å². The van der Waals surface area contributed by atoms with Crippen molar-refractivity contribution >= 4 is 92.5 Å². The van der Waals surface area contributed by atoms with E-state index >= 15 is 0 Å². The molecule has 4 nitrogen and oxygen atoms in total. The summed E-state index contributed by atoms with van der Waals surface area (Å²) in [6.45, 7) is 0.198. The van der Waals surface area contributed by atoms with Gasteiger partial charge in [-0.3, -0.25) is 19.4 Å². The number of thioether (sulfide) groups is 1. The Morgan fingerprint density at radius 2 is 1.62 bits per heavy atom. The molecule has 2 aliphatic heterocycles. The lowest BCUT2D eigenvalue weighted by molar-refractivity contribution is -0.123. The molecule has 170 valence electrons. The van der Waals surface area contributed by atoms with Gasteiger partial charge in [0.15, 0.2) is 0 Å². The van der Waals surface area contributed by atoms with Gasteiger partial charge in [0.1, 0.15) is 4.32 Å². The highest BCUT2D eigenvalue weighted by atomic mass is 35.5. The van der Waals surface area contributed by atoms with Crippen LogP contribution in [0, 0.1) is 0 Å². The third-order valence-electron chi connectivity index (χ3n) is 5.33. The van der Waals surface area contributed by atoms with E-state index in [9.17, 15) is 9.59 Å². The SMILES string of the molecule is O=C1/C(=C/c2ccc(Cl)cc2)SC(=S)N1CCC(=O)N1c2ccccc2Sc2ccc(Cl)cc21. The van der Waals surface area contributed by atoms with E-state index in [0.29, 0.717) is 19.3 Å². The molecule has 0 unspecified atom stereocenters. The van der Waals surface area contributed by atoms with Crippen molar-refractivity contribution in [1.29, 1.82) is 0 Å². The predicted molar refractivity (Wildman–Crippen MR) is 145 cm³/mol. The first kappa shape index (κ1) is 23.5. The summed E-state index contributed by atoms with van der Waals surface area (Å²) in [7, 11) is 0. The fraction of sp³-hybridized carbons (Fsp3) is 0.0800. The van der Waals surface area contributed by atoms with E-state index in [2.05, 4.69) is 0 Å². The van der Waals surface area contributed by atoms with Crippen LogP contribution in [0.1, 0.15) is 12.0 Å². The summed E-state index contributed by atoms with van der Waals surface area (Å²) < 4.78 is 0.441. The topological polar surface area (TPSA) is 40.6 Å². The number of carbonyl (C=O) groups is 2. The summed E-state index contributed by atoms with van der Waals surface area (Å²) in [6, 6.07) is 20.5. The van der Waals surface area contributed by atoms with Gasteiger partial charge < -0.3 is 0 Å². The highest BCUT2D eigenvalue weighted by Gasteiger charge is 2.34. The first-order chi connectivity index (χ1) is 16.4. The number of amides is 2. The summed E-state index contributed by atoms with van der Waals surface area (Å²) in [4.78, 5) is 32.1. The Balaban J connectivity index is 1.36. The number of nitrogens with zero attached hydrogens (tertiary/aromatic N) is 2. The third kappa shape index (κ3) is 4.63. The average Bonchev–Trinajstić information content (AvgIpc) is 3.09. The number of benzene rings is 3. The molecule has 9 heteroatoms. The van der Waals surface area contributed by atoms with Crippen LogP contribution in [0.4, 0.5) is 11.4 Å². The molecule has 0 radical (unpaired) electrons. The van der Waals surface area contributed by atoms with E-state index in [1.54, 1.807) is 40.9 Å². The summed E-state index contributed by atoms with van der Waals surface area (Å²) in [5, 5.41) is 1.18. The summed E-state index contributed by atoms with van der Waals surface area (Å²) in [5.41, 5.74) is 2.41. The smallest absolute Gasteiger partial charge is 0.266 e. The summed E-state index contributed by atoms with van der Waals surface area (Å²) >= 11 is 20.5. The number of rotatable bonds is 4. The van der Waals surface area contributed by atoms with E-state index in [1.165, 1.54) is 16.7 Å². The fourth-order valence-electron chi connectivity index (χ4n) is 3.72. The van der Waals surface area contributed by atoms with Crippen LogP contribution < -0.4 is 4.90 Å². The second kappa shape index (κ2) is 9.76. The van der Waals surface area contributed by atoms with Crippen LogP contribution in [0.3, 0.4) is 0 Å². The van der Waals surface area contributed by atoms with Gasteiger partial charge >= 0.3 is 0 Å². The maximum atomic E-state index is 13.5. The Hall–Kier alpha value is -2.29. The minimum absolute atomic E-state index is 0.117. The standard InChI is InChI=1S/C25H16Cl2N2O2S3/c26-16-7-5-15(6-8-16)13-22-24(31)28(25(32)34-22)12-11-23(30)29-18-3-1-2-4-20(18)33-21-10-9-17(27)14-19(21)29/h1-10,13-14H,11-12H2/b22-13-. The molecule has 0 atom stereocenters. The van der Waals surface area contributed by atoms with E-state index in [4.69, 9.17) is 35.4 Å². The van der Waals surface area contributed by atoms with Crippen LogP contribution in [0.5, 0.6) is 0 Å². The zero-order chi connectivity index (χ0) is 23.8. The van der Waals surface area contributed by atoms with Crippen molar-refractivity contribution in [3.05, 3.63) is 87.2 Å². The monoisotopic (exact) mass is 542 g/mol. The number of carbonyl (C=O) groups excluding carboxylic acids is 2. The number of anilines is 2. The molecule has 1 fully saturated rings. The van der Waals surface area contributed by atoms with Gasteiger partial charge in [0, 0.05) is 32.8 Å². The Labute approximate surface area is 220 Å². The van der Waals surface area contributed by atoms with Gasteiger partial charge in [-0.2, -0.15) is 0 Å². The summed E-state index contributed by atoms with van der Waals surface area (Å²) in [5.74, 6) is -0.331. The van der Waals surface area contributed by atoms with E-state index < -0.39 is 0 Å². The Bertz CT molecular complexity index is 1360. The molecule has 2 heterocycles. The average molecular weight is 544 g/mol. The van der Waals surface area contributed by atoms with Gasteiger partial charge in [-0.25, -0.2) is 0 Å². The molecule has 3 aromatic rings. The molecule has 2 aliphatic rings. The van der Waals surface area contributed by atoms with Crippen molar-refractivity contribution < 1.29 is 9.59 Å². The highest BCUT2D eigenvalue weighted by Crippen LogP contribution is 2.49. The number of hydrogen-bond donors (Lipinski definition) is 0. The van der Waals surface area contributed by atoms with Gasteiger partial charge in [-0.05, 0) is 54.1 Å². The Morgan fingerprint density at radius 3 is 2.41 bits per heavy atom. The van der Waals surface area contributed by atoms with E-state index in [-0.39, 0.29) is 24.8 Å². The molecule has 0 aliphatic carbocycles. The maximum Gasteiger partial charge on any atom is 0.266 e. The van der Waals surface area contributed by atoms with E-state index in [1.807, 2.05) is 48.5 Å². The largest absolute Gasteiger partial charge is 0.292 e. The van der Waals surface area contributed by atoms with Gasteiger partial charge in [0.2, 0.25) is 5.91 Å². The molecule has 5 rings (SSSR count). The van der Waals surface area contributed by atoms with Gasteiger partial charge in [0.05, 0.1) is 16.3 Å². The van der Waals surface area contributed by atoms with Crippen molar-refractivity contribution in [2.75, 3.05) is 11.4 Å². The van der Waals surface area contributed by atoms with Crippen LogP contribution >= 0.6 is 58.9 Å². The summed E-state index contributed by atoms with van der Waals surface area (Å²) in [6.07, 6.45) is 1.90. The van der Waals surface area contributed by atoms with Gasteiger partial charge in [-0.1, -0.05) is 83.2 Å². The molecule has 0 aromatic heterocycles. The van der Waals surface area contributed by atoms with Crippen LogP contribution in [-0.4, -0.2) is 27.6 Å². The zero-order valence-electron chi connectivity index (χ0n) is 17.5. The first-order valence-corrected chi connectivity index (χ1v) is 13.1. The Morgan fingerprint density at radius 1 is 0.912 bits per heavy atom. The molecule has 1 saturated heterocycles. The molecular weight excluding hydrogens is 527 g/mol. The lowest BCUT2D eigenvalue weighted by Gasteiger charge is -2.31. The second-order valence-corrected chi connectivity index (χ2v) is 11.2. The number of fused-ring (bicyclic) bond motifs is 2. The minimum Gasteiger partial charge on any atom is -0.292 e. The number of hydrogen-bond acceptors (Lipinski definition) is 5. The zero-order valence-corrected chi connectivity index (χ0v) is 21.5. The Kier molecular flexibility index (Phi) is 6.73. The minimum atomic E-state index is -0.198. The van der Waals surface area contributed by atoms with Crippen LogP contribution in [-0.2, 0) is 9.59 Å². The first-order valence-electron chi connectivity index (χ1n) is 10.3. The van der Waals surface area contributed by atoms with Crippen LogP contribution in [0.15, 0.2) is 81.4 Å². The molecule has 0 N–H and O–H groups in total. The third-order valence-corrected chi connectivity index (χ3v) is 8.32. The normalized spacial score (nSPS) is 16.1. The quantitative estimate of drug-likeness (QED) is 0.253. The lowest BCUT2D eigenvalue weighted by Crippen LogP contribution is -2.35. The molecule has 3 aromatic carbocycles. The predicted octanol–water partition coefficient (Wildman–Crippen LogP) is 7.41. The van der Waals surface area contributed by atoms with Crippen LogP contribution in [0.2, 0.25) is 10.0 Å². The number of halogens is 2. The van der Waals surface area contributed by atoms with E-state index in [0.717, 1.165) is 26.7 Å². The van der Waals surface area contributed by atoms with Crippen molar-refractivity contribution in [1.82, 2.24) is 4.90 Å². The van der Waals surface area contributed by atoms with Crippen molar-refractivity contribution in [2.24, 2.45) is 0 Å². The fourth-order valence-corrected chi connectivity index (χ4v) is 6.36. The van der Waals surface area contributed by atoms with Crippen molar-refractivity contribution in [3.63, 3.8) is 0 Å². The van der Waals surface area contributed by atoms with Crippen molar-refractivity contribution in [3.8, 4) is 0 Å². The highest BCUT2D eigenvalue weighted by molar-refractivity contribution is 8.26. The molecule has 0 spiro atoms. The molecule has 34 heavy (non-hydrogen) atoms. The van der Waals surface area contributed by atoms with Gasteiger partial charge in [-0.15, -0.1) is 0 Å². The molecule has 0 bridgehead atoms. The molecule has 0 saturated carbocycles.